The Bertz CT molecular complexity index is 632. The molecule has 0 atom stereocenters. The first kappa shape index (κ1) is 16.0. The van der Waals surface area contributed by atoms with E-state index in [1.54, 1.807) is 25.3 Å². The SMILES string of the molecule is COCc1ccccc1NC(=O)NCCc1ccccc1F. The summed E-state index contributed by atoms with van der Waals surface area (Å²) in [5.74, 6) is -0.254. The molecule has 0 aromatic heterocycles. The molecule has 0 saturated heterocycles. The number of nitrogens with one attached hydrogen (secondary N) is 2. The summed E-state index contributed by atoms with van der Waals surface area (Å²) in [6.07, 6.45) is 0.444. The van der Waals surface area contributed by atoms with Crippen molar-refractivity contribution >= 4 is 11.7 Å². The van der Waals surface area contributed by atoms with Crippen LogP contribution in [0.4, 0.5) is 14.9 Å². The smallest absolute Gasteiger partial charge is 0.319 e. The lowest BCUT2D eigenvalue weighted by Crippen LogP contribution is -2.31. The maximum atomic E-state index is 13.5. The van der Waals surface area contributed by atoms with Gasteiger partial charge < -0.3 is 15.4 Å². The maximum absolute atomic E-state index is 13.5. The quantitative estimate of drug-likeness (QED) is 0.860. The van der Waals surface area contributed by atoms with Crippen LogP contribution in [0, 0.1) is 5.82 Å². The third-order valence-electron chi connectivity index (χ3n) is 3.20. The molecule has 4 nitrogen and oxygen atoms in total. The number of amides is 2. The van der Waals surface area contributed by atoms with Crippen molar-refractivity contribution in [1.82, 2.24) is 5.32 Å². The van der Waals surface area contributed by atoms with Gasteiger partial charge in [-0.25, -0.2) is 9.18 Å². The molecule has 2 aromatic rings. The second-order valence-corrected chi connectivity index (χ2v) is 4.81. The van der Waals surface area contributed by atoms with E-state index < -0.39 is 0 Å². The molecule has 0 aliphatic rings. The van der Waals surface area contributed by atoms with Crippen LogP contribution >= 0.6 is 0 Å². The zero-order valence-electron chi connectivity index (χ0n) is 12.4. The molecule has 2 amide bonds. The molecule has 0 saturated carbocycles. The van der Waals surface area contributed by atoms with Gasteiger partial charge in [-0.1, -0.05) is 36.4 Å². The fourth-order valence-electron chi connectivity index (χ4n) is 2.10. The van der Waals surface area contributed by atoms with Crippen molar-refractivity contribution in [1.29, 1.82) is 0 Å². The van der Waals surface area contributed by atoms with Gasteiger partial charge in [0.05, 0.1) is 6.61 Å². The summed E-state index contributed by atoms with van der Waals surface area (Å²) in [7, 11) is 1.60. The van der Waals surface area contributed by atoms with E-state index in [1.165, 1.54) is 6.07 Å². The number of rotatable bonds is 6. The number of para-hydroxylation sites is 1. The summed E-state index contributed by atoms with van der Waals surface area (Å²) < 4.78 is 18.5. The van der Waals surface area contributed by atoms with Crippen LogP contribution < -0.4 is 10.6 Å². The number of anilines is 1. The molecule has 0 heterocycles. The van der Waals surface area contributed by atoms with E-state index in [9.17, 15) is 9.18 Å². The van der Waals surface area contributed by atoms with Crippen LogP contribution in [0.1, 0.15) is 11.1 Å². The number of methoxy groups -OCH3 is 1. The summed E-state index contributed by atoms with van der Waals surface area (Å²) in [6, 6.07) is 13.7. The lowest BCUT2D eigenvalue weighted by atomic mass is 10.1. The minimum absolute atomic E-state index is 0.254. The third-order valence-corrected chi connectivity index (χ3v) is 3.20. The van der Waals surface area contributed by atoms with Crippen molar-refractivity contribution in [2.45, 2.75) is 13.0 Å². The van der Waals surface area contributed by atoms with Crippen LogP contribution in [0.15, 0.2) is 48.5 Å². The first-order valence-electron chi connectivity index (χ1n) is 7.06. The van der Waals surface area contributed by atoms with E-state index in [2.05, 4.69) is 10.6 Å². The zero-order chi connectivity index (χ0) is 15.8. The highest BCUT2D eigenvalue weighted by Gasteiger charge is 2.06. The highest BCUT2D eigenvalue weighted by Crippen LogP contribution is 2.15. The number of hydrogen-bond donors (Lipinski definition) is 2. The molecular formula is C17H19FN2O2. The molecule has 0 aliphatic heterocycles. The number of halogens is 1. The van der Waals surface area contributed by atoms with Gasteiger partial charge in [0.2, 0.25) is 0 Å². The number of urea groups is 1. The highest BCUT2D eigenvalue weighted by atomic mass is 19.1. The topological polar surface area (TPSA) is 50.4 Å². The Morgan fingerprint density at radius 2 is 1.77 bits per heavy atom. The molecule has 0 fully saturated rings. The van der Waals surface area contributed by atoms with Gasteiger partial charge in [-0.2, -0.15) is 0 Å². The van der Waals surface area contributed by atoms with Gasteiger partial charge >= 0.3 is 6.03 Å². The Labute approximate surface area is 129 Å². The van der Waals surface area contributed by atoms with Gasteiger partial charge in [0.15, 0.2) is 0 Å². The van der Waals surface area contributed by atoms with E-state index in [0.29, 0.717) is 30.8 Å². The Morgan fingerprint density at radius 1 is 1.09 bits per heavy atom. The van der Waals surface area contributed by atoms with Crippen LogP contribution in [-0.4, -0.2) is 19.7 Å². The van der Waals surface area contributed by atoms with Crippen LogP contribution in [0.2, 0.25) is 0 Å². The number of benzene rings is 2. The van der Waals surface area contributed by atoms with E-state index >= 15 is 0 Å². The van der Waals surface area contributed by atoms with Gasteiger partial charge in [-0.15, -0.1) is 0 Å². The Kier molecular flexibility index (Phi) is 5.91. The third kappa shape index (κ3) is 4.56. The van der Waals surface area contributed by atoms with Crippen molar-refractivity contribution in [3.05, 3.63) is 65.5 Å². The van der Waals surface area contributed by atoms with Crippen LogP contribution in [0.25, 0.3) is 0 Å². The zero-order valence-corrected chi connectivity index (χ0v) is 12.4. The monoisotopic (exact) mass is 302 g/mol. The predicted molar refractivity (Wildman–Crippen MR) is 84.3 cm³/mol. The number of hydrogen-bond acceptors (Lipinski definition) is 2. The minimum atomic E-state index is -0.320. The lowest BCUT2D eigenvalue weighted by molar-refractivity contribution is 0.185. The van der Waals surface area contributed by atoms with Gasteiger partial charge in [-0.05, 0) is 24.1 Å². The van der Waals surface area contributed by atoms with E-state index in [1.807, 2.05) is 24.3 Å². The average Bonchev–Trinajstić information content (AvgIpc) is 2.51. The average molecular weight is 302 g/mol. The fourth-order valence-corrected chi connectivity index (χ4v) is 2.10. The van der Waals surface area contributed by atoms with E-state index in [0.717, 1.165) is 5.56 Å². The number of carbonyl (C=O) groups is 1. The minimum Gasteiger partial charge on any atom is -0.380 e. The second kappa shape index (κ2) is 8.14. The molecule has 2 rings (SSSR count). The van der Waals surface area contributed by atoms with Crippen molar-refractivity contribution < 1.29 is 13.9 Å². The molecule has 116 valence electrons. The molecule has 0 bridgehead atoms. The predicted octanol–water partition coefficient (Wildman–Crippen LogP) is 3.34. The summed E-state index contributed by atoms with van der Waals surface area (Å²) in [4.78, 5) is 11.9. The van der Waals surface area contributed by atoms with Gasteiger partial charge in [-0.3, -0.25) is 0 Å². The molecule has 2 N–H and O–H groups in total. The summed E-state index contributed by atoms with van der Waals surface area (Å²) in [6.45, 7) is 0.783. The highest BCUT2D eigenvalue weighted by molar-refractivity contribution is 5.90. The van der Waals surface area contributed by atoms with Crippen molar-refractivity contribution in [3.8, 4) is 0 Å². The molecule has 0 aliphatic carbocycles. The molecule has 0 radical (unpaired) electrons. The first-order valence-corrected chi connectivity index (χ1v) is 7.06. The van der Waals surface area contributed by atoms with Crippen LogP contribution in [0.5, 0.6) is 0 Å². The Hall–Kier alpha value is -2.40. The molecule has 5 heteroatoms. The molecule has 0 unspecified atom stereocenters. The van der Waals surface area contributed by atoms with Crippen molar-refractivity contribution in [3.63, 3.8) is 0 Å². The second-order valence-electron chi connectivity index (χ2n) is 4.81. The van der Waals surface area contributed by atoms with E-state index in [-0.39, 0.29) is 11.8 Å². The van der Waals surface area contributed by atoms with Crippen molar-refractivity contribution in [2.75, 3.05) is 19.0 Å². The van der Waals surface area contributed by atoms with Crippen molar-refractivity contribution in [2.24, 2.45) is 0 Å². The normalized spacial score (nSPS) is 10.3. The van der Waals surface area contributed by atoms with Crippen LogP contribution in [0.3, 0.4) is 0 Å². The fraction of sp³-hybridized carbons (Fsp3) is 0.235. The Morgan fingerprint density at radius 3 is 2.50 bits per heavy atom. The molecule has 2 aromatic carbocycles. The van der Waals surface area contributed by atoms with Crippen LogP contribution in [-0.2, 0) is 17.8 Å². The van der Waals surface area contributed by atoms with Gasteiger partial charge in [0.25, 0.3) is 0 Å². The number of ether oxygens (including phenoxy) is 1. The van der Waals surface area contributed by atoms with Gasteiger partial charge in [0, 0.05) is 24.9 Å². The Balaban J connectivity index is 1.85. The largest absolute Gasteiger partial charge is 0.380 e. The molecular weight excluding hydrogens is 283 g/mol. The molecule has 22 heavy (non-hydrogen) atoms. The summed E-state index contributed by atoms with van der Waals surface area (Å²) >= 11 is 0. The lowest BCUT2D eigenvalue weighted by Gasteiger charge is -2.11. The molecule has 0 spiro atoms. The summed E-state index contributed by atoms with van der Waals surface area (Å²) in [5, 5.41) is 5.49. The number of carbonyl (C=O) groups excluding carboxylic acids is 1. The maximum Gasteiger partial charge on any atom is 0.319 e. The standard InChI is InChI=1S/C17H19FN2O2/c1-22-12-14-7-3-5-9-16(14)20-17(21)19-11-10-13-6-2-4-8-15(13)18/h2-9H,10-12H2,1H3,(H2,19,20,21). The first-order chi connectivity index (χ1) is 10.7. The van der Waals surface area contributed by atoms with E-state index in [4.69, 9.17) is 4.74 Å². The van der Waals surface area contributed by atoms with Gasteiger partial charge in [0.1, 0.15) is 5.82 Å². The summed E-state index contributed by atoms with van der Waals surface area (Å²) in [5.41, 5.74) is 2.18.